The summed E-state index contributed by atoms with van der Waals surface area (Å²) in [5, 5.41) is 1.87. The van der Waals surface area contributed by atoms with Gasteiger partial charge in [0.2, 0.25) is 0 Å². The third-order valence-corrected chi connectivity index (χ3v) is 9.75. The highest BCUT2D eigenvalue weighted by atomic mass is 32.2. The lowest BCUT2D eigenvalue weighted by atomic mass is 9.84. The van der Waals surface area contributed by atoms with Gasteiger partial charge < -0.3 is 0 Å². The third kappa shape index (κ3) is 4.32. The van der Waals surface area contributed by atoms with Crippen LogP contribution in [0.2, 0.25) is 0 Å². The van der Waals surface area contributed by atoms with Crippen LogP contribution >= 0.6 is 23.1 Å². The Morgan fingerprint density at radius 2 is 1.73 bits per heavy atom. The summed E-state index contributed by atoms with van der Waals surface area (Å²) in [6, 6.07) is 5.00. The first-order chi connectivity index (χ1) is 15.7. The molecule has 3 aromatic rings. The van der Waals surface area contributed by atoms with E-state index in [2.05, 4.69) is 51.3 Å². The minimum atomic E-state index is 0.148. The summed E-state index contributed by atoms with van der Waals surface area (Å²) in [7, 11) is 0. The molecule has 2 aliphatic rings. The Kier molecular flexibility index (Phi) is 6.24. The standard InChI is InChI=1S/C28H36N2OS2/c1-17-14-19(28(3,4)5)15-18(2)22(17)16-32-27-29-25-24(21-12-8-9-13-23(21)33-25)26(31)30(27)20-10-6-7-11-20/h14-15,20H,6-13,16H2,1-5H3. The molecule has 0 bridgehead atoms. The van der Waals surface area contributed by atoms with Gasteiger partial charge in [0.05, 0.1) is 5.39 Å². The van der Waals surface area contributed by atoms with Gasteiger partial charge in [0, 0.05) is 16.7 Å². The van der Waals surface area contributed by atoms with E-state index in [9.17, 15) is 4.79 Å². The predicted octanol–water partition coefficient (Wildman–Crippen LogP) is 7.66. The minimum absolute atomic E-state index is 0.148. The molecule has 0 aliphatic heterocycles. The van der Waals surface area contributed by atoms with Crippen LogP contribution in [0.15, 0.2) is 22.1 Å². The van der Waals surface area contributed by atoms with Crippen molar-refractivity contribution in [2.45, 2.75) is 108 Å². The fourth-order valence-electron chi connectivity index (χ4n) is 5.58. The summed E-state index contributed by atoms with van der Waals surface area (Å²) in [5.41, 5.74) is 7.14. The number of aryl methyl sites for hydroxylation is 4. The first-order valence-corrected chi connectivity index (χ1v) is 14.3. The molecule has 2 aromatic heterocycles. The van der Waals surface area contributed by atoms with E-state index in [1.807, 2.05) is 0 Å². The van der Waals surface area contributed by atoms with Gasteiger partial charge in [-0.3, -0.25) is 9.36 Å². The zero-order valence-corrected chi connectivity index (χ0v) is 22.3. The maximum Gasteiger partial charge on any atom is 0.263 e. The highest BCUT2D eigenvalue weighted by Gasteiger charge is 2.27. The van der Waals surface area contributed by atoms with E-state index < -0.39 is 0 Å². The van der Waals surface area contributed by atoms with E-state index in [-0.39, 0.29) is 11.0 Å². The van der Waals surface area contributed by atoms with Crippen molar-refractivity contribution in [1.29, 1.82) is 0 Å². The van der Waals surface area contributed by atoms with Crippen molar-refractivity contribution in [2.24, 2.45) is 0 Å². The first-order valence-electron chi connectivity index (χ1n) is 12.5. The van der Waals surface area contributed by atoms with E-state index in [0.29, 0.717) is 6.04 Å². The number of rotatable bonds is 4. The monoisotopic (exact) mass is 480 g/mol. The Bertz CT molecular complexity index is 1230. The van der Waals surface area contributed by atoms with Gasteiger partial charge in [-0.25, -0.2) is 4.98 Å². The van der Waals surface area contributed by atoms with Crippen LogP contribution in [-0.4, -0.2) is 9.55 Å². The Labute approximate surface area is 206 Å². The van der Waals surface area contributed by atoms with Crippen molar-refractivity contribution in [2.75, 3.05) is 0 Å². The molecule has 1 saturated carbocycles. The molecule has 0 spiro atoms. The van der Waals surface area contributed by atoms with E-state index >= 15 is 0 Å². The smallest absolute Gasteiger partial charge is 0.263 e. The lowest BCUT2D eigenvalue weighted by molar-refractivity contribution is 0.457. The minimum Gasteiger partial charge on any atom is -0.284 e. The van der Waals surface area contributed by atoms with Crippen LogP contribution in [0.3, 0.4) is 0 Å². The fraction of sp³-hybridized carbons (Fsp3) is 0.571. The van der Waals surface area contributed by atoms with Crippen LogP contribution < -0.4 is 5.56 Å². The second-order valence-electron chi connectivity index (χ2n) is 11.0. The van der Waals surface area contributed by atoms with Crippen LogP contribution in [0.4, 0.5) is 0 Å². The Morgan fingerprint density at radius 3 is 2.39 bits per heavy atom. The van der Waals surface area contributed by atoms with Gasteiger partial charge in [-0.15, -0.1) is 11.3 Å². The number of benzene rings is 1. The zero-order valence-electron chi connectivity index (χ0n) is 20.7. The van der Waals surface area contributed by atoms with Crippen molar-refractivity contribution in [3.05, 3.63) is 55.2 Å². The van der Waals surface area contributed by atoms with Crippen LogP contribution in [-0.2, 0) is 24.0 Å². The van der Waals surface area contributed by atoms with Gasteiger partial charge in [-0.05, 0) is 85.6 Å². The molecule has 0 radical (unpaired) electrons. The van der Waals surface area contributed by atoms with E-state index in [1.165, 1.54) is 58.4 Å². The van der Waals surface area contributed by atoms with Gasteiger partial charge in [0.15, 0.2) is 5.16 Å². The van der Waals surface area contributed by atoms with E-state index in [1.54, 1.807) is 23.1 Å². The molecular formula is C28H36N2OS2. The molecule has 1 fully saturated rings. The summed E-state index contributed by atoms with van der Waals surface area (Å²) in [6.07, 6.45) is 9.22. The molecule has 2 heterocycles. The number of aromatic nitrogens is 2. The molecule has 0 amide bonds. The number of thioether (sulfide) groups is 1. The Balaban J connectivity index is 1.55. The SMILES string of the molecule is Cc1cc(C(C)(C)C)cc(C)c1CSc1nc2sc3c(c2c(=O)n1C1CCCC1)CCCC3. The maximum atomic E-state index is 13.9. The molecule has 33 heavy (non-hydrogen) atoms. The highest BCUT2D eigenvalue weighted by Crippen LogP contribution is 2.38. The topological polar surface area (TPSA) is 34.9 Å². The van der Waals surface area contributed by atoms with Crippen molar-refractivity contribution >= 4 is 33.3 Å². The molecule has 0 unspecified atom stereocenters. The predicted molar refractivity (Wildman–Crippen MR) is 142 cm³/mol. The van der Waals surface area contributed by atoms with E-state index in [4.69, 9.17) is 4.98 Å². The second-order valence-corrected chi connectivity index (χ2v) is 13.1. The third-order valence-electron chi connectivity index (χ3n) is 7.59. The summed E-state index contributed by atoms with van der Waals surface area (Å²) in [4.78, 5) is 21.4. The number of fused-ring (bicyclic) bond motifs is 3. The average Bonchev–Trinajstić information content (AvgIpc) is 3.40. The normalized spacial score (nSPS) is 17.1. The Hall–Kier alpha value is -1.59. The molecule has 0 atom stereocenters. The van der Waals surface area contributed by atoms with Gasteiger partial charge in [-0.1, -0.05) is 57.5 Å². The molecule has 3 nitrogen and oxygen atoms in total. The summed E-state index contributed by atoms with van der Waals surface area (Å²) >= 11 is 3.54. The van der Waals surface area contributed by atoms with Crippen molar-refractivity contribution in [1.82, 2.24) is 9.55 Å². The lowest BCUT2D eigenvalue weighted by Gasteiger charge is -2.23. The molecule has 5 heteroatoms. The molecule has 5 rings (SSSR count). The molecule has 0 saturated heterocycles. The average molecular weight is 481 g/mol. The van der Waals surface area contributed by atoms with Crippen LogP contribution in [0.1, 0.15) is 98.0 Å². The quantitative estimate of drug-likeness (QED) is 0.284. The number of nitrogens with zero attached hydrogens (tertiary/aromatic N) is 2. The largest absolute Gasteiger partial charge is 0.284 e. The fourth-order valence-corrected chi connectivity index (χ4v) is 8.14. The van der Waals surface area contributed by atoms with Gasteiger partial charge in [-0.2, -0.15) is 0 Å². The molecule has 176 valence electrons. The highest BCUT2D eigenvalue weighted by molar-refractivity contribution is 7.98. The van der Waals surface area contributed by atoms with Gasteiger partial charge in [0.25, 0.3) is 5.56 Å². The summed E-state index contributed by atoms with van der Waals surface area (Å²) in [6.45, 7) is 11.3. The van der Waals surface area contributed by atoms with Gasteiger partial charge >= 0.3 is 0 Å². The molecule has 1 aromatic carbocycles. The van der Waals surface area contributed by atoms with Crippen LogP contribution in [0.25, 0.3) is 10.2 Å². The second kappa shape index (κ2) is 8.88. The number of hydrogen-bond acceptors (Lipinski definition) is 4. The van der Waals surface area contributed by atoms with Crippen molar-refractivity contribution in [3.63, 3.8) is 0 Å². The number of thiophene rings is 1. The zero-order chi connectivity index (χ0) is 23.3. The first kappa shape index (κ1) is 23.2. The van der Waals surface area contributed by atoms with Crippen LogP contribution in [0.5, 0.6) is 0 Å². The summed E-state index contributed by atoms with van der Waals surface area (Å²) < 4.78 is 2.09. The van der Waals surface area contributed by atoms with E-state index in [0.717, 1.165) is 46.8 Å². The lowest BCUT2D eigenvalue weighted by Crippen LogP contribution is -2.26. The molecule has 2 aliphatic carbocycles. The summed E-state index contributed by atoms with van der Waals surface area (Å²) in [5.74, 6) is 0.859. The van der Waals surface area contributed by atoms with Crippen molar-refractivity contribution in [3.8, 4) is 0 Å². The number of hydrogen-bond donors (Lipinski definition) is 0. The van der Waals surface area contributed by atoms with Crippen LogP contribution in [0, 0.1) is 13.8 Å². The molecule has 0 N–H and O–H groups in total. The Morgan fingerprint density at radius 1 is 1.06 bits per heavy atom. The maximum absolute atomic E-state index is 13.9. The van der Waals surface area contributed by atoms with Gasteiger partial charge in [0.1, 0.15) is 4.83 Å². The molecular weight excluding hydrogens is 444 g/mol. The van der Waals surface area contributed by atoms with Crippen molar-refractivity contribution < 1.29 is 0 Å².